The van der Waals surface area contributed by atoms with Crippen molar-refractivity contribution < 1.29 is 4.74 Å². The Morgan fingerprint density at radius 2 is 2.00 bits per heavy atom. The summed E-state index contributed by atoms with van der Waals surface area (Å²) < 4.78 is 5.67. The zero-order valence-electron chi connectivity index (χ0n) is 11.3. The third kappa shape index (κ3) is 3.69. The van der Waals surface area contributed by atoms with Crippen LogP contribution in [0.2, 0.25) is 0 Å². The van der Waals surface area contributed by atoms with Crippen molar-refractivity contribution >= 4 is 5.82 Å². The molecule has 0 amide bonds. The summed E-state index contributed by atoms with van der Waals surface area (Å²) in [5.41, 5.74) is 6.69. The molecule has 0 bridgehead atoms. The smallest absolute Gasteiger partial charge is 0.224 e. The Kier molecular flexibility index (Phi) is 4.51. The Hall–Kier alpha value is -2.61. The van der Waals surface area contributed by atoms with Crippen LogP contribution >= 0.6 is 0 Å². The molecule has 5 heteroatoms. The highest BCUT2D eigenvalue weighted by atomic mass is 16.5. The number of aromatic nitrogens is 2. The molecule has 0 saturated heterocycles. The van der Waals surface area contributed by atoms with Crippen molar-refractivity contribution in [1.82, 2.24) is 9.97 Å². The number of nitrogen functional groups attached to an aromatic ring is 1. The minimum absolute atomic E-state index is 0.390. The Morgan fingerprint density at radius 3 is 2.65 bits per heavy atom. The molecular formula is C15H16N4O. The SMILES string of the molecule is CCCc1nc(N)cc(Oc2ccc(CC#N)cc2)n1. The fourth-order valence-electron chi connectivity index (χ4n) is 1.77. The van der Waals surface area contributed by atoms with Crippen molar-refractivity contribution in [2.45, 2.75) is 26.2 Å². The van der Waals surface area contributed by atoms with E-state index in [4.69, 9.17) is 15.7 Å². The van der Waals surface area contributed by atoms with Gasteiger partial charge in [0.2, 0.25) is 5.88 Å². The van der Waals surface area contributed by atoms with Crippen LogP contribution < -0.4 is 10.5 Å². The molecule has 2 aromatic rings. The van der Waals surface area contributed by atoms with Gasteiger partial charge in [-0.05, 0) is 24.1 Å². The highest BCUT2D eigenvalue weighted by Gasteiger charge is 2.04. The molecule has 1 aromatic heterocycles. The predicted octanol–water partition coefficient (Wildman–Crippen LogP) is 2.87. The van der Waals surface area contributed by atoms with E-state index in [2.05, 4.69) is 23.0 Å². The summed E-state index contributed by atoms with van der Waals surface area (Å²) in [6.07, 6.45) is 2.11. The van der Waals surface area contributed by atoms with Gasteiger partial charge < -0.3 is 10.5 Å². The molecule has 0 unspecified atom stereocenters. The van der Waals surface area contributed by atoms with Gasteiger partial charge in [0.1, 0.15) is 17.4 Å². The van der Waals surface area contributed by atoms with Gasteiger partial charge in [-0.1, -0.05) is 19.1 Å². The van der Waals surface area contributed by atoms with Gasteiger partial charge in [0.25, 0.3) is 0 Å². The number of rotatable bonds is 5. The van der Waals surface area contributed by atoms with Gasteiger partial charge in [-0.25, -0.2) is 4.98 Å². The number of hydrogen-bond donors (Lipinski definition) is 1. The van der Waals surface area contributed by atoms with Crippen LogP contribution in [0.5, 0.6) is 11.6 Å². The number of nitrogens with two attached hydrogens (primary N) is 1. The van der Waals surface area contributed by atoms with E-state index in [0.717, 1.165) is 18.4 Å². The summed E-state index contributed by atoms with van der Waals surface area (Å²) in [6.45, 7) is 2.06. The summed E-state index contributed by atoms with van der Waals surface area (Å²) in [7, 11) is 0. The molecule has 0 radical (unpaired) electrons. The zero-order chi connectivity index (χ0) is 14.4. The molecule has 2 rings (SSSR count). The van der Waals surface area contributed by atoms with Crippen molar-refractivity contribution in [2.24, 2.45) is 0 Å². The van der Waals surface area contributed by atoms with Crippen molar-refractivity contribution in [2.75, 3.05) is 5.73 Å². The average molecular weight is 268 g/mol. The van der Waals surface area contributed by atoms with E-state index in [1.54, 1.807) is 6.07 Å². The first-order chi connectivity index (χ1) is 9.71. The largest absolute Gasteiger partial charge is 0.439 e. The van der Waals surface area contributed by atoms with Gasteiger partial charge in [0.05, 0.1) is 12.5 Å². The van der Waals surface area contributed by atoms with Gasteiger partial charge >= 0.3 is 0 Å². The maximum atomic E-state index is 8.62. The maximum absolute atomic E-state index is 8.62. The fourth-order valence-corrected chi connectivity index (χ4v) is 1.77. The van der Waals surface area contributed by atoms with Crippen LogP contribution in [-0.2, 0) is 12.8 Å². The molecule has 102 valence electrons. The summed E-state index contributed by atoms with van der Waals surface area (Å²) in [5.74, 6) is 2.18. The van der Waals surface area contributed by atoms with Crippen molar-refractivity contribution in [3.63, 3.8) is 0 Å². The number of hydrogen-bond acceptors (Lipinski definition) is 5. The topological polar surface area (TPSA) is 84.8 Å². The number of benzene rings is 1. The number of anilines is 1. The first kappa shape index (κ1) is 13.8. The Labute approximate surface area is 118 Å². The van der Waals surface area contributed by atoms with Gasteiger partial charge in [-0.2, -0.15) is 10.2 Å². The normalized spacial score (nSPS) is 10.0. The van der Waals surface area contributed by atoms with Crippen molar-refractivity contribution in [1.29, 1.82) is 5.26 Å². The maximum Gasteiger partial charge on any atom is 0.224 e. The summed E-state index contributed by atoms with van der Waals surface area (Å²) in [6, 6.07) is 11.0. The molecule has 2 N–H and O–H groups in total. The number of aryl methyl sites for hydroxylation is 1. The molecule has 5 nitrogen and oxygen atoms in total. The molecule has 0 aliphatic carbocycles. The van der Waals surface area contributed by atoms with Crippen LogP contribution in [0.3, 0.4) is 0 Å². The van der Waals surface area contributed by atoms with Gasteiger partial charge in [-0.15, -0.1) is 0 Å². The Balaban J connectivity index is 2.14. The van der Waals surface area contributed by atoms with Crippen LogP contribution in [0.4, 0.5) is 5.82 Å². The highest BCUT2D eigenvalue weighted by molar-refractivity contribution is 5.36. The standard InChI is InChI=1S/C15H16N4O/c1-2-3-14-18-13(17)10-15(19-14)20-12-6-4-11(5-7-12)8-9-16/h4-7,10H,2-3,8H2,1H3,(H2,17,18,19). The summed E-state index contributed by atoms with van der Waals surface area (Å²) in [4.78, 5) is 8.47. The van der Waals surface area contributed by atoms with Gasteiger partial charge in [0.15, 0.2) is 0 Å². The van der Waals surface area contributed by atoms with E-state index in [0.29, 0.717) is 29.7 Å². The fraction of sp³-hybridized carbons (Fsp3) is 0.267. The minimum atomic E-state index is 0.390. The minimum Gasteiger partial charge on any atom is -0.439 e. The highest BCUT2D eigenvalue weighted by Crippen LogP contribution is 2.21. The van der Waals surface area contributed by atoms with E-state index in [9.17, 15) is 0 Å². The lowest BCUT2D eigenvalue weighted by Crippen LogP contribution is -2.01. The Bertz CT molecular complexity index is 617. The third-order valence-electron chi connectivity index (χ3n) is 2.67. The summed E-state index contributed by atoms with van der Waals surface area (Å²) >= 11 is 0. The van der Waals surface area contributed by atoms with E-state index in [1.807, 2.05) is 24.3 Å². The summed E-state index contributed by atoms with van der Waals surface area (Å²) in [5, 5.41) is 8.62. The lowest BCUT2D eigenvalue weighted by atomic mass is 10.2. The lowest BCUT2D eigenvalue weighted by molar-refractivity contribution is 0.458. The molecule has 0 fully saturated rings. The number of nitrogens with zero attached hydrogens (tertiary/aromatic N) is 3. The molecule has 1 heterocycles. The van der Waals surface area contributed by atoms with Gasteiger partial charge in [0, 0.05) is 12.5 Å². The van der Waals surface area contributed by atoms with Crippen molar-refractivity contribution in [3.8, 4) is 17.7 Å². The second-order valence-electron chi connectivity index (χ2n) is 4.38. The van der Waals surface area contributed by atoms with E-state index in [-0.39, 0.29) is 0 Å². The van der Waals surface area contributed by atoms with Crippen LogP contribution in [0, 0.1) is 11.3 Å². The second-order valence-corrected chi connectivity index (χ2v) is 4.38. The molecule has 0 saturated carbocycles. The van der Waals surface area contributed by atoms with Gasteiger partial charge in [-0.3, -0.25) is 0 Å². The second kappa shape index (κ2) is 6.53. The molecule has 0 aliphatic heterocycles. The molecule has 1 aromatic carbocycles. The van der Waals surface area contributed by atoms with Crippen LogP contribution in [0.25, 0.3) is 0 Å². The van der Waals surface area contributed by atoms with Crippen LogP contribution in [-0.4, -0.2) is 9.97 Å². The lowest BCUT2D eigenvalue weighted by Gasteiger charge is -2.07. The van der Waals surface area contributed by atoms with Crippen LogP contribution in [0.15, 0.2) is 30.3 Å². The first-order valence-corrected chi connectivity index (χ1v) is 6.48. The number of nitriles is 1. The van der Waals surface area contributed by atoms with E-state index < -0.39 is 0 Å². The van der Waals surface area contributed by atoms with Crippen molar-refractivity contribution in [3.05, 3.63) is 41.7 Å². The number of ether oxygens (including phenoxy) is 1. The molecule has 0 atom stereocenters. The third-order valence-corrected chi connectivity index (χ3v) is 2.67. The molecule has 0 spiro atoms. The first-order valence-electron chi connectivity index (χ1n) is 6.48. The Morgan fingerprint density at radius 1 is 1.25 bits per heavy atom. The van der Waals surface area contributed by atoms with E-state index >= 15 is 0 Å². The zero-order valence-corrected chi connectivity index (χ0v) is 11.3. The molecular weight excluding hydrogens is 252 g/mol. The quantitative estimate of drug-likeness (QED) is 0.901. The van der Waals surface area contributed by atoms with Crippen LogP contribution in [0.1, 0.15) is 24.7 Å². The molecule has 0 aliphatic rings. The monoisotopic (exact) mass is 268 g/mol. The van der Waals surface area contributed by atoms with E-state index in [1.165, 1.54) is 0 Å². The average Bonchev–Trinajstić information content (AvgIpc) is 2.41. The predicted molar refractivity (Wildman–Crippen MR) is 76.3 cm³/mol. The molecule has 20 heavy (non-hydrogen) atoms.